The number of nitrogens with one attached hydrogen (secondary N) is 2. The van der Waals surface area contributed by atoms with Gasteiger partial charge in [-0.05, 0) is 35.4 Å². The summed E-state index contributed by atoms with van der Waals surface area (Å²) < 4.78 is 5.84. The normalized spacial score (nSPS) is 11.1. The molecule has 0 fully saturated rings. The van der Waals surface area contributed by atoms with E-state index in [0.717, 1.165) is 27.9 Å². The number of aromatic nitrogens is 2. The predicted octanol–water partition coefficient (Wildman–Crippen LogP) is 4.59. The van der Waals surface area contributed by atoms with E-state index in [1.807, 2.05) is 78.9 Å². The number of imidazole rings is 1. The molecule has 0 saturated heterocycles. The molecule has 0 aliphatic heterocycles. The summed E-state index contributed by atoms with van der Waals surface area (Å²) in [4.78, 5) is 7.59. The number of fused-ring (bicyclic) bond motifs is 1. The predicted molar refractivity (Wildman–Crippen MR) is 105 cm³/mol. The average Bonchev–Trinajstić information content (AvgIpc) is 3.10. The number of hydrazone groups is 1. The highest BCUT2D eigenvalue weighted by Gasteiger charge is 2.00. The zero-order chi connectivity index (χ0) is 17.6. The maximum atomic E-state index is 5.84. The van der Waals surface area contributed by atoms with Crippen molar-refractivity contribution in [2.45, 2.75) is 6.61 Å². The summed E-state index contributed by atoms with van der Waals surface area (Å²) in [6.07, 6.45) is 1.74. The first kappa shape index (κ1) is 15.9. The third-order valence-corrected chi connectivity index (χ3v) is 3.88. The number of nitrogens with zero attached hydrogens (tertiary/aromatic N) is 2. The van der Waals surface area contributed by atoms with Gasteiger partial charge in [0.05, 0.1) is 17.2 Å². The quantitative estimate of drug-likeness (QED) is 0.398. The first-order valence-corrected chi connectivity index (χ1v) is 8.37. The van der Waals surface area contributed by atoms with Gasteiger partial charge in [-0.25, -0.2) is 10.4 Å². The minimum atomic E-state index is 0.540. The zero-order valence-corrected chi connectivity index (χ0v) is 14.1. The van der Waals surface area contributed by atoms with Crippen LogP contribution >= 0.6 is 0 Å². The topological polar surface area (TPSA) is 62.3 Å². The van der Waals surface area contributed by atoms with Crippen molar-refractivity contribution in [3.8, 4) is 5.75 Å². The van der Waals surface area contributed by atoms with Gasteiger partial charge in [0, 0.05) is 0 Å². The first-order chi connectivity index (χ1) is 12.9. The summed E-state index contributed by atoms with van der Waals surface area (Å²) in [5, 5.41) is 4.24. The van der Waals surface area contributed by atoms with Crippen molar-refractivity contribution in [2.24, 2.45) is 5.10 Å². The highest BCUT2D eigenvalue weighted by molar-refractivity contribution is 5.81. The van der Waals surface area contributed by atoms with Gasteiger partial charge in [-0.15, -0.1) is 0 Å². The molecule has 26 heavy (non-hydrogen) atoms. The maximum Gasteiger partial charge on any atom is 0.222 e. The Balaban J connectivity index is 1.39. The van der Waals surface area contributed by atoms with E-state index in [1.54, 1.807) is 6.21 Å². The van der Waals surface area contributed by atoms with Crippen LogP contribution in [-0.2, 0) is 6.61 Å². The van der Waals surface area contributed by atoms with Crippen molar-refractivity contribution in [1.29, 1.82) is 0 Å². The molecule has 0 aliphatic carbocycles. The van der Waals surface area contributed by atoms with Crippen LogP contribution in [-0.4, -0.2) is 16.2 Å². The van der Waals surface area contributed by atoms with E-state index < -0.39 is 0 Å². The van der Waals surface area contributed by atoms with Crippen molar-refractivity contribution in [2.75, 3.05) is 5.43 Å². The van der Waals surface area contributed by atoms with E-state index in [-0.39, 0.29) is 0 Å². The molecule has 0 amide bonds. The Kier molecular flexibility index (Phi) is 4.60. The minimum absolute atomic E-state index is 0.540. The molecular weight excluding hydrogens is 324 g/mol. The van der Waals surface area contributed by atoms with E-state index in [9.17, 15) is 0 Å². The molecule has 0 aliphatic rings. The van der Waals surface area contributed by atoms with Crippen LogP contribution in [0.25, 0.3) is 11.0 Å². The Morgan fingerprint density at radius 3 is 2.69 bits per heavy atom. The van der Waals surface area contributed by atoms with Crippen LogP contribution in [0, 0.1) is 0 Å². The summed E-state index contributed by atoms with van der Waals surface area (Å²) >= 11 is 0. The lowest BCUT2D eigenvalue weighted by atomic mass is 10.2. The fraction of sp³-hybridized carbons (Fsp3) is 0.0476. The van der Waals surface area contributed by atoms with Gasteiger partial charge in [0.1, 0.15) is 12.4 Å². The number of aromatic amines is 1. The smallest absolute Gasteiger partial charge is 0.222 e. The average molecular weight is 342 g/mol. The zero-order valence-electron chi connectivity index (χ0n) is 14.1. The molecule has 2 N–H and O–H groups in total. The highest BCUT2D eigenvalue weighted by Crippen LogP contribution is 2.15. The van der Waals surface area contributed by atoms with E-state index in [2.05, 4.69) is 20.5 Å². The molecule has 0 saturated carbocycles. The summed E-state index contributed by atoms with van der Waals surface area (Å²) in [7, 11) is 0. The lowest BCUT2D eigenvalue weighted by molar-refractivity contribution is 0.306. The number of hydrogen-bond acceptors (Lipinski definition) is 4. The van der Waals surface area contributed by atoms with Crippen molar-refractivity contribution < 1.29 is 4.74 Å². The van der Waals surface area contributed by atoms with Crippen LogP contribution < -0.4 is 10.2 Å². The number of rotatable bonds is 6. The molecule has 1 heterocycles. The fourth-order valence-electron chi connectivity index (χ4n) is 2.60. The van der Waals surface area contributed by atoms with E-state index in [4.69, 9.17) is 4.74 Å². The third-order valence-electron chi connectivity index (χ3n) is 3.88. The lowest BCUT2D eigenvalue weighted by Gasteiger charge is -2.06. The van der Waals surface area contributed by atoms with E-state index in [0.29, 0.717) is 12.6 Å². The number of anilines is 1. The van der Waals surface area contributed by atoms with Crippen LogP contribution in [0.4, 0.5) is 5.95 Å². The van der Waals surface area contributed by atoms with Gasteiger partial charge in [0.25, 0.3) is 0 Å². The SMILES string of the molecule is C(=N/Nc1nc2ccccc2[nH]1)/c1cccc(OCc2ccccc2)c1. The van der Waals surface area contributed by atoms with Gasteiger partial charge in [-0.2, -0.15) is 5.10 Å². The molecule has 4 rings (SSSR count). The molecule has 0 atom stereocenters. The second kappa shape index (κ2) is 7.53. The van der Waals surface area contributed by atoms with E-state index >= 15 is 0 Å². The Labute approximate surface area is 151 Å². The van der Waals surface area contributed by atoms with Gasteiger partial charge in [0.15, 0.2) is 0 Å². The maximum absolute atomic E-state index is 5.84. The Bertz CT molecular complexity index is 991. The highest BCUT2D eigenvalue weighted by atomic mass is 16.5. The molecule has 5 heteroatoms. The second-order valence-corrected chi connectivity index (χ2v) is 5.82. The van der Waals surface area contributed by atoms with Crippen LogP contribution in [0.2, 0.25) is 0 Å². The van der Waals surface area contributed by atoms with Gasteiger partial charge in [-0.3, -0.25) is 0 Å². The standard InChI is InChI=1S/C21H18N4O/c1-2-7-16(8-3-1)15-26-18-10-6-9-17(13-18)14-22-25-21-23-19-11-4-5-12-20(19)24-21/h1-14H,15H2,(H2,23,24,25)/b22-14-. The summed E-state index contributed by atoms with van der Waals surface area (Å²) in [5.74, 6) is 1.42. The number of para-hydroxylation sites is 2. The monoisotopic (exact) mass is 342 g/mol. The van der Waals surface area contributed by atoms with Crippen molar-refractivity contribution in [3.63, 3.8) is 0 Å². The van der Waals surface area contributed by atoms with Crippen molar-refractivity contribution >= 4 is 23.2 Å². The second-order valence-electron chi connectivity index (χ2n) is 5.82. The molecule has 0 unspecified atom stereocenters. The van der Waals surface area contributed by atoms with Crippen molar-refractivity contribution in [3.05, 3.63) is 90.0 Å². The van der Waals surface area contributed by atoms with Gasteiger partial charge >= 0.3 is 0 Å². The molecule has 5 nitrogen and oxygen atoms in total. The fourth-order valence-corrected chi connectivity index (χ4v) is 2.60. The van der Waals surface area contributed by atoms with Gasteiger partial charge in [-0.1, -0.05) is 54.6 Å². The van der Waals surface area contributed by atoms with Crippen LogP contribution in [0.15, 0.2) is 84.0 Å². The largest absolute Gasteiger partial charge is 0.489 e. The van der Waals surface area contributed by atoms with Crippen LogP contribution in [0.1, 0.15) is 11.1 Å². The molecular formula is C21H18N4O. The van der Waals surface area contributed by atoms with Gasteiger partial charge < -0.3 is 9.72 Å². The van der Waals surface area contributed by atoms with Crippen LogP contribution in [0.3, 0.4) is 0 Å². The van der Waals surface area contributed by atoms with Crippen molar-refractivity contribution in [1.82, 2.24) is 9.97 Å². The summed E-state index contributed by atoms with van der Waals surface area (Å²) in [6, 6.07) is 25.8. The van der Waals surface area contributed by atoms with Crippen LogP contribution in [0.5, 0.6) is 5.75 Å². The first-order valence-electron chi connectivity index (χ1n) is 8.37. The van der Waals surface area contributed by atoms with E-state index in [1.165, 1.54) is 0 Å². The molecule has 128 valence electrons. The number of ether oxygens (including phenoxy) is 1. The molecule has 3 aromatic carbocycles. The molecule has 1 aromatic heterocycles. The lowest BCUT2D eigenvalue weighted by Crippen LogP contribution is -1.96. The summed E-state index contributed by atoms with van der Waals surface area (Å²) in [5.41, 5.74) is 6.88. The Hall–Kier alpha value is -3.60. The third kappa shape index (κ3) is 3.89. The molecule has 4 aromatic rings. The Morgan fingerprint density at radius 1 is 0.962 bits per heavy atom. The number of benzene rings is 3. The Morgan fingerprint density at radius 2 is 1.81 bits per heavy atom. The number of hydrogen-bond donors (Lipinski definition) is 2. The molecule has 0 radical (unpaired) electrons. The molecule has 0 bridgehead atoms. The van der Waals surface area contributed by atoms with Gasteiger partial charge in [0.2, 0.25) is 5.95 Å². The summed E-state index contributed by atoms with van der Waals surface area (Å²) in [6.45, 7) is 0.540. The molecule has 0 spiro atoms. The number of H-pyrrole nitrogens is 1. The minimum Gasteiger partial charge on any atom is -0.489 e.